The number of hydrogen-bond donors (Lipinski definition) is 0. The zero-order chi connectivity index (χ0) is 20.3. The molecule has 1 aliphatic carbocycles. The Hall–Kier alpha value is -2.12. The number of rotatable bonds is 10. The van der Waals surface area contributed by atoms with Gasteiger partial charge in [0, 0.05) is 0 Å². The Labute approximate surface area is 177 Å². The molecule has 154 valence electrons. The summed E-state index contributed by atoms with van der Waals surface area (Å²) in [5.41, 5.74) is 5.47. The van der Waals surface area contributed by atoms with Crippen LogP contribution in [-0.4, -0.2) is 6.61 Å². The molecule has 1 fully saturated rings. The minimum Gasteiger partial charge on any atom is -0.376 e. The summed E-state index contributed by atoms with van der Waals surface area (Å²) in [6.45, 7) is 7.40. The highest BCUT2D eigenvalue weighted by Gasteiger charge is 2.22. The maximum atomic E-state index is 5.74. The van der Waals surface area contributed by atoms with Crippen molar-refractivity contribution in [2.45, 2.75) is 64.4 Å². The van der Waals surface area contributed by atoms with Crippen LogP contribution >= 0.6 is 0 Å². The Bertz CT molecular complexity index is 746. The van der Waals surface area contributed by atoms with Gasteiger partial charge >= 0.3 is 0 Å². The lowest BCUT2D eigenvalue weighted by Gasteiger charge is -2.29. The summed E-state index contributed by atoms with van der Waals surface area (Å²) in [4.78, 5) is 0. The van der Waals surface area contributed by atoms with E-state index in [4.69, 9.17) is 4.74 Å². The molecule has 0 saturated heterocycles. The molecule has 1 heteroatoms. The summed E-state index contributed by atoms with van der Waals surface area (Å²) < 4.78 is 5.74. The standard InChI is InChI=1S/C28H36O/c1-3-5-6-21-29-22-26-15-19-28(20-16-26)27-17-13-25(14-18-27)12-11-24-9-7-23(4-2)8-10-24/h3-5,7-10,15-16,19-20,25,27H,2,6,11-14,17-18,21-22H2,1H3/b5-3+/t25-,27-. The van der Waals surface area contributed by atoms with E-state index in [0.717, 1.165) is 31.5 Å². The third-order valence-corrected chi connectivity index (χ3v) is 6.29. The molecule has 2 aromatic carbocycles. The third kappa shape index (κ3) is 7.01. The average molecular weight is 389 g/mol. The van der Waals surface area contributed by atoms with Gasteiger partial charge < -0.3 is 4.74 Å². The van der Waals surface area contributed by atoms with E-state index in [2.05, 4.69) is 67.3 Å². The Morgan fingerprint density at radius 1 is 0.931 bits per heavy atom. The molecule has 0 heterocycles. The summed E-state index contributed by atoms with van der Waals surface area (Å²) >= 11 is 0. The Balaban J connectivity index is 1.38. The van der Waals surface area contributed by atoms with Gasteiger partial charge in [0.1, 0.15) is 0 Å². The highest BCUT2D eigenvalue weighted by atomic mass is 16.5. The molecule has 0 bridgehead atoms. The minimum absolute atomic E-state index is 0.721. The fourth-order valence-electron chi connectivity index (χ4n) is 4.37. The van der Waals surface area contributed by atoms with Gasteiger partial charge in [-0.2, -0.15) is 0 Å². The van der Waals surface area contributed by atoms with Crippen molar-refractivity contribution < 1.29 is 4.74 Å². The van der Waals surface area contributed by atoms with Crippen molar-refractivity contribution in [1.82, 2.24) is 0 Å². The molecule has 0 N–H and O–H groups in total. The van der Waals surface area contributed by atoms with Crippen molar-refractivity contribution in [2.24, 2.45) is 5.92 Å². The molecule has 1 saturated carbocycles. The van der Waals surface area contributed by atoms with Crippen molar-refractivity contribution in [3.8, 4) is 0 Å². The van der Waals surface area contributed by atoms with Crippen LogP contribution in [0.1, 0.15) is 73.6 Å². The number of benzene rings is 2. The predicted molar refractivity (Wildman–Crippen MR) is 125 cm³/mol. The molecule has 29 heavy (non-hydrogen) atoms. The van der Waals surface area contributed by atoms with Crippen molar-refractivity contribution in [3.63, 3.8) is 0 Å². The summed E-state index contributed by atoms with van der Waals surface area (Å²) in [6.07, 6.45) is 15.1. The monoisotopic (exact) mass is 388 g/mol. The van der Waals surface area contributed by atoms with E-state index in [1.807, 2.05) is 13.0 Å². The van der Waals surface area contributed by atoms with Crippen LogP contribution in [0.5, 0.6) is 0 Å². The highest BCUT2D eigenvalue weighted by molar-refractivity contribution is 5.47. The predicted octanol–water partition coefficient (Wildman–Crippen LogP) is 7.72. The normalized spacial score (nSPS) is 19.5. The molecule has 0 atom stereocenters. The number of hydrogen-bond acceptors (Lipinski definition) is 1. The first-order chi connectivity index (χ1) is 14.3. The van der Waals surface area contributed by atoms with Crippen LogP contribution < -0.4 is 0 Å². The summed E-state index contributed by atoms with van der Waals surface area (Å²) in [5, 5.41) is 0. The molecule has 1 nitrogen and oxygen atoms in total. The Kier molecular flexibility index (Phi) is 8.77. The van der Waals surface area contributed by atoms with E-state index >= 15 is 0 Å². The molecular weight excluding hydrogens is 352 g/mol. The van der Waals surface area contributed by atoms with Crippen LogP contribution in [0.2, 0.25) is 0 Å². The van der Waals surface area contributed by atoms with Gasteiger partial charge in [-0.05, 0) is 86.0 Å². The van der Waals surface area contributed by atoms with Crippen molar-refractivity contribution in [2.75, 3.05) is 6.61 Å². The maximum absolute atomic E-state index is 5.74. The zero-order valence-corrected chi connectivity index (χ0v) is 18.0. The third-order valence-electron chi connectivity index (χ3n) is 6.29. The van der Waals surface area contributed by atoms with Crippen molar-refractivity contribution >= 4 is 6.08 Å². The highest BCUT2D eigenvalue weighted by Crippen LogP contribution is 2.37. The zero-order valence-electron chi connectivity index (χ0n) is 18.0. The second kappa shape index (κ2) is 11.8. The van der Waals surface area contributed by atoms with Crippen LogP contribution in [0.25, 0.3) is 6.08 Å². The summed E-state index contributed by atoms with van der Waals surface area (Å²) in [6, 6.07) is 18.0. The van der Waals surface area contributed by atoms with Gasteiger partial charge in [0.15, 0.2) is 0 Å². The van der Waals surface area contributed by atoms with E-state index in [9.17, 15) is 0 Å². The van der Waals surface area contributed by atoms with Gasteiger partial charge in [-0.1, -0.05) is 73.3 Å². The second-order valence-corrected chi connectivity index (χ2v) is 8.35. The van der Waals surface area contributed by atoms with Gasteiger partial charge in [-0.25, -0.2) is 0 Å². The largest absolute Gasteiger partial charge is 0.376 e. The van der Waals surface area contributed by atoms with Crippen LogP contribution in [-0.2, 0) is 17.8 Å². The molecule has 1 aliphatic rings. The van der Waals surface area contributed by atoms with E-state index < -0.39 is 0 Å². The molecule has 3 rings (SSSR count). The van der Waals surface area contributed by atoms with E-state index in [1.165, 1.54) is 60.8 Å². The maximum Gasteiger partial charge on any atom is 0.0717 e. The first-order valence-electron chi connectivity index (χ1n) is 11.3. The molecule has 0 aliphatic heterocycles. The SMILES string of the molecule is C=Cc1ccc(CC[C@H]2CC[C@H](c3ccc(COCC/C=C/C)cc3)CC2)cc1. The van der Waals surface area contributed by atoms with E-state index in [-0.39, 0.29) is 0 Å². The average Bonchev–Trinajstić information content (AvgIpc) is 2.79. The Morgan fingerprint density at radius 2 is 1.62 bits per heavy atom. The van der Waals surface area contributed by atoms with Gasteiger partial charge in [0.2, 0.25) is 0 Å². The quantitative estimate of drug-likeness (QED) is 0.299. The van der Waals surface area contributed by atoms with E-state index in [0.29, 0.717) is 0 Å². The van der Waals surface area contributed by atoms with Crippen LogP contribution in [0, 0.1) is 5.92 Å². The number of aryl methyl sites for hydroxylation is 1. The molecule has 0 aromatic heterocycles. The molecule has 0 amide bonds. The topological polar surface area (TPSA) is 9.23 Å². The van der Waals surface area contributed by atoms with Gasteiger partial charge in [0.05, 0.1) is 13.2 Å². The lowest BCUT2D eigenvalue weighted by atomic mass is 9.77. The molecular formula is C28H36O. The second-order valence-electron chi connectivity index (χ2n) is 8.35. The van der Waals surface area contributed by atoms with Crippen LogP contribution in [0.4, 0.5) is 0 Å². The number of ether oxygens (including phenoxy) is 1. The smallest absolute Gasteiger partial charge is 0.0717 e. The Morgan fingerprint density at radius 3 is 2.28 bits per heavy atom. The minimum atomic E-state index is 0.721. The fraction of sp³-hybridized carbons (Fsp3) is 0.429. The summed E-state index contributed by atoms with van der Waals surface area (Å²) in [7, 11) is 0. The van der Waals surface area contributed by atoms with Gasteiger partial charge in [-0.3, -0.25) is 0 Å². The van der Waals surface area contributed by atoms with Crippen LogP contribution in [0.15, 0.2) is 67.3 Å². The van der Waals surface area contributed by atoms with Crippen molar-refractivity contribution in [1.29, 1.82) is 0 Å². The lowest BCUT2D eigenvalue weighted by molar-refractivity contribution is 0.125. The first kappa shape index (κ1) is 21.6. The molecule has 0 unspecified atom stereocenters. The van der Waals surface area contributed by atoms with Gasteiger partial charge in [-0.15, -0.1) is 0 Å². The number of allylic oxidation sites excluding steroid dienone is 1. The lowest BCUT2D eigenvalue weighted by Crippen LogP contribution is -2.14. The molecule has 0 spiro atoms. The van der Waals surface area contributed by atoms with Crippen molar-refractivity contribution in [3.05, 3.63) is 89.5 Å². The van der Waals surface area contributed by atoms with Gasteiger partial charge in [0.25, 0.3) is 0 Å². The summed E-state index contributed by atoms with van der Waals surface area (Å²) in [5.74, 6) is 1.62. The molecule has 2 aromatic rings. The van der Waals surface area contributed by atoms with E-state index in [1.54, 1.807) is 0 Å². The fourth-order valence-corrected chi connectivity index (χ4v) is 4.37. The van der Waals surface area contributed by atoms with Crippen LogP contribution in [0.3, 0.4) is 0 Å². The first-order valence-corrected chi connectivity index (χ1v) is 11.3. The molecule has 0 radical (unpaired) electrons.